The lowest BCUT2D eigenvalue weighted by atomic mass is 9.92. The molecule has 1 rings (SSSR count). The summed E-state index contributed by atoms with van der Waals surface area (Å²) in [5.41, 5.74) is -0.0561. The number of carbonyl (C=O) groups is 1. The van der Waals surface area contributed by atoms with Gasteiger partial charge >= 0.3 is 5.97 Å². The van der Waals surface area contributed by atoms with Gasteiger partial charge in [-0.2, -0.15) is 0 Å². The fraction of sp³-hybridized carbons (Fsp3) is 0.538. The predicted molar refractivity (Wildman–Crippen MR) is 72.1 cm³/mol. The van der Waals surface area contributed by atoms with E-state index in [1.807, 2.05) is 6.92 Å². The summed E-state index contributed by atoms with van der Waals surface area (Å²) in [6.45, 7) is 8.09. The molecule has 1 atom stereocenters. The summed E-state index contributed by atoms with van der Waals surface area (Å²) in [4.78, 5) is 16.4. The Morgan fingerprint density at radius 1 is 1.71 bits per heavy atom. The molecule has 0 fully saturated rings. The Hall–Kier alpha value is -1.21. The van der Waals surface area contributed by atoms with Gasteiger partial charge < -0.3 is 4.74 Å². The van der Waals surface area contributed by atoms with Gasteiger partial charge in [0.25, 0.3) is 0 Å². The minimum atomic E-state index is -0.931. The van der Waals surface area contributed by atoms with Crippen molar-refractivity contribution in [1.82, 2.24) is 0 Å². The lowest BCUT2D eigenvalue weighted by Gasteiger charge is -2.20. The highest BCUT2D eigenvalue weighted by atomic mass is 32.2. The Kier molecular flexibility index (Phi) is 4.83. The molecule has 0 amide bonds. The van der Waals surface area contributed by atoms with Crippen LogP contribution in [-0.4, -0.2) is 28.9 Å². The van der Waals surface area contributed by atoms with E-state index in [2.05, 4.69) is 17.5 Å². The molecule has 0 saturated heterocycles. The first-order valence-corrected chi connectivity index (χ1v) is 6.59. The Bertz CT molecular complexity index is 395. The molecule has 0 N–H and O–H groups in total. The minimum Gasteiger partial charge on any atom is -0.464 e. The number of nitrogens with zero attached hydrogens (tertiary/aromatic N) is 1. The van der Waals surface area contributed by atoms with E-state index >= 15 is 0 Å². The molecule has 0 saturated carbocycles. The molecule has 3 nitrogen and oxygen atoms in total. The number of terminal acetylenes is 1. The van der Waals surface area contributed by atoms with Gasteiger partial charge in [0.2, 0.25) is 0 Å². The first kappa shape index (κ1) is 13.9. The number of carbonyl (C=O) groups excluding carboxylic acids is 1. The number of thioether (sulfide) groups is 1. The van der Waals surface area contributed by atoms with Crippen molar-refractivity contribution in [3.8, 4) is 12.3 Å². The fourth-order valence-corrected chi connectivity index (χ4v) is 2.53. The topological polar surface area (TPSA) is 38.7 Å². The van der Waals surface area contributed by atoms with Crippen molar-refractivity contribution in [2.24, 2.45) is 4.99 Å². The fourth-order valence-electron chi connectivity index (χ4n) is 1.74. The monoisotopic (exact) mass is 251 g/mol. The van der Waals surface area contributed by atoms with E-state index < -0.39 is 5.54 Å². The maximum Gasteiger partial charge on any atom is 0.335 e. The summed E-state index contributed by atoms with van der Waals surface area (Å²) < 4.78 is 5.06. The highest BCUT2D eigenvalue weighted by Crippen LogP contribution is 2.36. The Balaban J connectivity index is 2.99. The van der Waals surface area contributed by atoms with Crippen LogP contribution < -0.4 is 0 Å². The van der Waals surface area contributed by atoms with Crippen LogP contribution >= 0.6 is 11.8 Å². The number of esters is 1. The van der Waals surface area contributed by atoms with Gasteiger partial charge in [-0.05, 0) is 18.2 Å². The van der Waals surface area contributed by atoms with Crippen LogP contribution in [0, 0.1) is 12.3 Å². The summed E-state index contributed by atoms with van der Waals surface area (Å²) in [7, 11) is 0. The van der Waals surface area contributed by atoms with Crippen LogP contribution in [0.5, 0.6) is 0 Å². The Labute approximate surface area is 107 Å². The molecule has 1 aliphatic rings. The zero-order valence-corrected chi connectivity index (χ0v) is 11.1. The lowest BCUT2D eigenvalue weighted by Crippen LogP contribution is -2.36. The smallest absolute Gasteiger partial charge is 0.335 e. The van der Waals surface area contributed by atoms with E-state index in [1.165, 1.54) is 0 Å². The third-order valence-electron chi connectivity index (χ3n) is 2.45. The normalized spacial score (nSPS) is 23.1. The quantitative estimate of drug-likeness (QED) is 0.569. The maximum absolute atomic E-state index is 12.0. The van der Waals surface area contributed by atoms with E-state index in [9.17, 15) is 4.79 Å². The molecule has 0 spiro atoms. The van der Waals surface area contributed by atoms with Crippen LogP contribution in [0.4, 0.5) is 0 Å². The molecule has 1 aliphatic heterocycles. The second-order valence-corrected chi connectivity index (χ2v) is 5.02. The van der Waals surface area contributed by atoms with Crippen LogP contribution in [0.25, 0.3) is 0 Å². The van der Waals surface area contributed by atoms with Crippen molar-refractivity contribution >= 4 is 22.8 Å². The average molecular weight is 251 g/mol. The second kappa shape index (κ2) is 5.92. The molecule has 0 aromatic carbocycles. The van der Waals surface area contributed by atoms with Crippen LogP contribution in [0.15, 0.2) is 17.1 Å². The molecule has 4 heteroatoms. The molecule has 92 valence electrons. The third kappa shape index (κ3) is 2.92. The predicted octanol–water partition coefficient (Wildman–Crippen LogP) is 2.42. The summed E-state index contributed by atoms with van der Waals surface area (Å²) in [5, 5.41) is 0.829. The van der Waals surface area contributed by atoms with Gasteiger partial charge in [-0.1, -0.05) is 13.5 Å². The van der Waals surface area contributed by atoms with E-state index in [0.717, 1.165) is 16.4 Å². The lowest BCUT2D eigenvalue weighted by molar-refractivity contribution is -0.149. The summed E-state index contributed by atoms with van der Waals surface area (Å²) >= 11 is 1.58. The zero-order valence-electron chi connectivity index (χ0n) is 10.3. The standard InChI is InChI=1S/C13H17NO2S/c1-5-8-13(12(15)16-6-2)9-10(4)11(14-13)17-7-3/h1H,4,6-9H2,2-3H3. The molecular weight excluding hydrogens is 234 g/mol. The second-order valence-electron chi connectivity index (χ2n) is 3.76. The van der Waals surface area contributed by atoms with E-state index in [4.69, 9.17) is 11.2 Å². The average Bonchev–Trinajstić information content (AvgIpc) is 2.58. The molecule has 1 unspecified atom stereocenters. The Morgan fingerprint density at radius 3 is 2.94 bits per heavy atom. The number of hydrogen-bond donors (Lipinski definition) is 0. The summed E-state index contributed by atoms with van der Waals surface area (Å²) in [6, 6.07) is 0. The largest absolute Gasteiger partial charge is 0.464 e. The minimum absolute atomic E-state index is 0.263. The highest BCUT2D eigenvalue weighted by Gasteiger charge is 2.44. The molecular formula is C13H17NO2S. The van der Waals surface area contributed by atoms with E-state index in [-0.39, 0.29) is 12.4 Å². The van der Waals surface area contributed by atoms with E-state index in [1.54, 1.807) is 18.7 Å². The number of ether oxygens (including phenoxy) is 1. The van der Waals surface area contributed by atoms with Crippen molar-refractivity contribution in [2.75, 3.05) is 12.4 Å². The molecule has 1 heterocycles. The van der Waals surface area contributed by atoms with Crippen molar-refractivity contribution in [3.05, 3.63) is 12.2 Å². The van der Waals surface area contributed by atoms with Crippen molar-refractivity contribution in [3.63, 3.8) is 0 Å². The van der Waals surface area contributed by atoms with Gasteiger partial charge in [0.1, 0.15) is 0 Å². The number of aliphatic imine (C=N–C) groups is 1. The van der Waals surface area contributed by atoms with Crippen molar-refractivity contribution in [2.45, 2.75) is 32.2 Å². The summed E-state index contributed by atoms with van der Waals surface area (Å²) in [5.74, 6) is 3.07. The molecule has 0 aromatic rings. The zero-order chi connectivity index (χ0) is 12.9. The van der Waals surface area contributed by atoms with Crippen LogP contribution in [-0.2, 0) is 9.53 Å². The van der Waals surface area contributed by atoms with Gasteiger partial charge in [-0.3, -0.25) is 4.99 Å². The first-order chi connectivity index (χ1) is 8.09. The van der Waals surface area contributed by atoms with Gasteiger partial charge in [0.15, 0.2) is 5.54 Å². The van der Waals surface area contributed by atoms with Crippen molar-refractivity contribution in [1.29, 1.82) is 0 Å². The van der Waals surface area contributed by atoms with Crippen molar-refractivity contribution < 1.29 is 9.53 Å². The van der Waals surface area contributed by atoms with Gasteiger partial charge in [-0.15, -0.1) is 24.1 Å². The van der Waals surface area contributed by atoms with E-state index in [0.29, 0.717) is 13.0 Å². The molecule has 0 aliphatic carbocycles. The SMILES string of the molecule is C#CCC1(C(=O)OCC)CC(=C)C(SCC)=N1. The van der Waals surface area contributed by atoms with Crippen LogP contribution in [0.2, 0.25) is 0 Å². The van der Waals surface area contributed by atoms with Gasteiger partial charge in [0.05, 0.1) is 11.7 Å². The molecule has 17 heavy (non-hydrogen) atoms. The molecule has 0 bridgehead atoms. The highest BCUT2D eigenvalue weighted by molar-refractivity contribution is 8.14. The summed E-state index contributed by atoms with van der Waals surface area (Å²) in [6.07, 6.45) is 6.06. The maximum atomic E-state index is 12.0. The van der Waals surface area contributed by atoms with Gasteiger partial charge in [-0.25, -0.2) is 4.79 Å². The molecule has 0 radical (unpaired) electrons. The first-order valence-electron chi connectivity index (χ1n) is 5.61. The third-order valence-corrected chi connectivity index (χ3v) is 3.40. The number of hydrogen-bond acceptors (Lipinski definition) is 4. The van der Waals surface area contributed by atoms with Crippen LogP contribution in [0.1, 0.15) is 26.7 Å². The Morgan fingerprint density at radius 2 is 2.41 bits per heavy atom. The molecule has 0 aromatic heterocycles. The number of rotatable bonds is 4. The van der Waals surface area contributed by atoms with Gasteiger partial charge in [0, 0.05) is 12.8 Å². The van der Waals surface area contributed by atoms with Crippen LogP contribution in [0.3, 0.4) is 0 Å².